The summed E-state index contributed by atoms with van der Waals surface area (Å²) in [5.41, 5.74) is 0.0682. The van der Waals surface area contributed by atoms with E-state index in [0.717, 1.165) is 23.7 Å². The summed E-state index contributed by atoms with van der Waals surface area (Å²) in [6.45, 7) is 7.76. The lowest BCUT2D eigenvalue weighted by Crippen LogP contribution is -2.34. The van der Waals surface area contributed by atoms with Crippen molar-refractivity contribution < 1.29 is 0 Å². The number of aromatic nitrogens is 3. The van der Waals surface area contributed by atoms with Gasteiger partial charge < -0.3 is 4.90 Å². The minimum atomic E-state index is 0.0682. The Morgan fingerprint density at radius 2 is 1.94 bits per heavy atom. The smallest absolute Gasteiger partial charge is 0.227 e. The van der Waals surface area contributed by atoms with Crippen LogP contribution in [-0.2, 0) is 12.5 Å². The molecular formula is C13H22N4. The summed E-state index contributed by atoms with van der Waals surface area (Å²) in [6, 6.07) is 0.718. The van der Waals surface area contributed by atoms with Crippen molar-refractivity contribution in [2.75, 3.05) is 11.4 Å². The van der Waals surface area contributed by atoms with Crippen LogP contribution in [0, 0.1) is 5.92 Å². The van der Waals surface area contributed by atoms with Crippen molar-refractivity contribution in [3.05, 3.63) is 5.82 Å². The van der Waals surface area contributed by atoms with Crippen LogP contribution >= 0.6 is 0 Å². The Balaban J connectivity index is 1.92. The Bertz CT molecular complexity index is 429. The van der Waals surface area contributed by atoms with Crippen LogP contribution in [0.2, 0.25) is 0 Å². The topological polar surface area (TPSA) is 34.0 Å². The van der Waals surface area contributed by atoms with E-state index in [1.54, 1.807) is 0 Å². The molecule has 1 aromatic heterocycles. The van der Waals surface area contributed by atoms with Gasteiger partial charge in [0.2, 0.25) is 5.95 Å². The monoisotopic (exact) mass is 234 g/mol. The first-order valence-electron chi connectivity index (χ1n) is 6.63. The Labute approximate surface area is 103 Å². The molecule has 4 nitrogen and oxygen atoms in total. The molecule has 1 saturated carbocycles. The van der Waals surface area contributed by atoms with Crippen LogP contribution in [0.4, 0.5) is 5.95 Å². The number of nitrogens with zero attached hydrogens (tertiary/aromatic N) is 4. The van der Waals surface area contributed by atoms with E-state index in [2.05, 4.69) is 47.5 Å². The molecule has 0 N–H and O–H groups in total. The second-order valence-electron chi connectivity index (χ2n) is 6.62. The fourth-order valence-electron chi connectivity index (χ4n) is 3.39. The molecule has 1 aromatic rings. The Hall–Kier alpha value is -1.06. The Morgan fingerprint density at radius 3 is 2.41 bits per heavy atom. The van der Waals surface area contributed by atoms with Gasteiger partial charge in [0.1, 0.15) is 5.82 Å². The van der Waals surface area contributed by atoms with E-state index in [4.69, 9.17) is 0 Å². The highest BCUT2D eigenvalue weighted by atomic mass is 15.4. The van der Waals surface area contributed by atoms with Crippen LogP contribution in [-0.4, -0.2) is 27.4 Å². The van der Waals surface area contributed by atoms with E-state index in [-0.39, 0.29) is 5.41 Å². The van der Waals surface area contributed by atoms with Gasteiger partial charge in [-0.3, -0.25) is 4.57 Å². The van der Waals surface area contributed by atoms with Gasteiger partial charge in [-0.05, 0) is 25.2 Å². The van der Waals surface area contributed by atoms with Gasteiger partial charge in [0.15, 0.2) is 0 Å². The predicted molar refractivity (Wildman–Crippen MR) is 68.2 cm³/mol. The van der Waals surface area contributed by atoms with Crippen LogP contribution in [0.25, 0.3) is 0 Å². The zero-order valence-corrected chi connectivity index (χ0v) is 11.3. The maximum atomic E-state index is 4.42. The van der Waals surface area contributed by atoms with Crippen molar-refractivity contribution in [3.8, 4) is 0 Å². The molecule has 2 bridgehead atoms. The molecule has 2 atom stereocenters. The van der Waals surface area contributed by atoms with Crippen molar-refractivity contribution in [2.45, 2.75) is 51.5 Å². The minimum absolute atomic E-state index is 0.0682. The van der Waals surface area contributed by atoms with E-state index in [1.165, 1.54) is 25.8 Å². The lowest BCUT2D eigenvalue weighted by molar-refractivity contribution is 0.512. The van der Waals surface area contributed by atoms with Gasteiger partial charge in [0.05, 0.1) is 0 Å². The lowest BCUT2D eigenvalue weighted by atomic mass is 9.96. The maximum absolute atomic E-state index is 4.42. The highest BCUT2D eigenvalue weighted by molar-refractivity contribution is 5.37. The second-order valence-corrected chi connectivity index (χ2v) is 6.62. The van der Waals surface area contributed by atoms with Crippen molar-refractivity contribution in [2.24, 2.45) is 13.0 Å². The third-order valence-electron chi connectivity index (χ3n) is 4.19. The molecule has 17 heavy (non-hydrogen) atoms. The SMILES string of the molecule is Cn1c(N2CC3CCC2C3)nnc1C(C)(C)C. The normalized spacial score (nSPS) is 28.1. The summed E-state index contributed by atoms with van der Waals surface area (Å²) in [5.74, 6) is 3.05. The standard InChI is InChI=1S/C13H22N4/c1-13(2,3)11-14-15-12(16(11)4)17-8-9-5-6-10(17)7-9/h9-10H,5-8H2,1-4H3. The summed E-state index contributed by atoms with van der Waals surface area (Å²) < 4.78 is 2.18. The third kappa shape index (κ3) is 1.65. The molecule has 1 aliphatic heterocycles. The van der Waals surface area contributed by atoms with E-state index >= 15 is 0 Å². The number of rotatable bonds is 1. The fraction of sp³-hybridized carbons (Fsp3) is 0.846. The molecule has 0 amide bonds. The molecular weight excluding hydrogens is 212 g/mol. The van der Waals surface area contributed by atoms with Gasteiger partial charge in [0, 0.05) is 25.0 Å². The first-order chi connectivity index (χ1) is 7.97. The van der Waals surface area contributed by atoms with Crippen molar-refractivity contribution in [3.63, 3.8) is 0 Å². The summed E-state index contributed by atoms with van der Waals surface area (Å²) in [7, 11) is 2.10. The first kappa shape index (κ1) is 11.1. The lowest BCUT2D eigenvalue weighted by Gasteiger charge is -2.28. The number of anilines is 1. The largest absolute Gasteiger partial charge is 0.338 e. The Kier molecular flexibility index (Phi) is 2.25. The number of piperidine rings is 1. The van der Waals surface area contributed by atoms with E-state index in [9.17, 15) is 0 Å². The molecule has 4 heteroatoms. The molecule has 94 valence electrons. The summed E-state index contributed by atoms with van der Waals surface area (Å²) in [6.07, 6.45) is 4.10. The molecule has 3 rings (SSSR count). The number of hydrogen-bond acceptors (Lipinski definition) is 3. The summed E-state index contributed by atoms with van der Waals surface area (Å²) >= 11 is 0. The van der Waals surface area contributed by atoms with E-state index < -0.39 is 0 Å². The highest BCUT2D eigenvalue weighted by Crippen LogP contribution is 2.39. The van der Waals surface area contributed by atoms with Gasteiger partial charge in [-0.1, -0.05) is 20.8 Å². The zero-order valence-electron chi connectivity index (χ0n) is 11.3. The number of fused-ring (bicyclic) bond motifs is 2. The molecule has 1 saturated heterocycles. The summed E-state index contributed by atoms with van der Waals surface area (Å²) in [5, 5.41) is 8.81. The predicted octanol–water partition coefficient (Wildman–Crippen LogP) is 2.10. The highest BCUT2D eigenvalue weighted by Gasteiger charge is 2.40. The van der Waals surface area contributed by atoms with Crippen LogP contribution in [0.3, 0.4) is 0 Å². The van der Waals surface area contributed by atoms with Crippen molar-refractivity contribution in [1.29, 1.82) is 0 Å². The van der Waals surface area contributed by atoms with Gasteiger partial charge in [-0.15, -0.1) is 10.2 Å². The average Bonchev–Trinajstić information content (AvgIpc) is 2.88. The molecule has 2 aliphatic rings. The molecule has 2 heterocycles. The molecule has 0 aromatic carbocycles. The van der Waals surface area contributed by atoms with Gasteiger partial charge >= 0.3 is 0 Å². The third-order valence-corrected chi connectivity index (χ3v) is 4.19. The van der Waals surface area contributed by atoms with Gasteiger partial charge in [0.25, 0.3) is 0 Å². The first-order valence-corrected chi connectivity index (χ1v) is 6.63. The molecule has 2 fully saturated rings. The fourth-order valence-corrected chi connectivity index (χ4v) is 3.39. The van der Waals surface area contributed by atoms with E-state index in [0.29, 0.717) is 0 Å². The Morgan fingerprint density at radius 1 is 1.18 bits per heavy atom. The molecule has 2 unspecified atom stereocenters. The number of hydrogen-bond donors (Lipinski definition) is 0. The van der Waals surface area contributed by atoms with Crippen LogP contribution in [0.1, 0.15) is 45.9 Å². The van der Waals surface area contributed by atoms with Crippen molar-refractivity contribution in [1.82, 2.24) is 14.8 Å². The molecule has 0 spiro atoms. The second kappa shape index (κ2) is 3.47. The average molecular weight is 234 g/mol. The molecule has 0 radical (unpaired) electrons. The van der Waals surface area contributed by atoms with Gasteiger partial charge in [-0.2, -0.15) is 0 Å². The van der Waals surface area contributed by atoms with Gasteiger partial charge in [-0.25, -0.2) is 0 Å². The van der Waals surface area contributed by atoms with Crippen LogP contribution in [0.5, 0.6) is 0 Å². The van der Waals surface area contributed by atoms with Crippen LogP contribution in [0.15, 0.2) is 0 Å². The quantitative estimate of drug-likeness (QED) is 0.746. The van der Waals surface area contributed by atoms with Crippen molar-refractivity contribution >= 4 is 5.95 Å². The molecule has 1 aliphatic carbocycles. The van der Waals surface area contributed by atoms with E-state index in [1.807, 2.05) is 0 Å². The van der Waals surface area contributed by atoms with Crippen LogP contribution < -0.4 is 4.90 Å². The minimum Gasteiger partial charge on any atom is -0.338 e. The summed E-state index contributed by atoms with van der Waals surface area (Å²) in [4.78, 5) is 2.47. The maximum Gasteiger partial charge on any atom is 0.227 e. The zero-order chi connectivity index (χ0) is 12.2.